The lowest BCUT2D eigenvalue weighted by atomic mass is 9.65. The van der Waals surface area contributed by atoms with E-state index in [1.807, 2.05) is 42.5 Å². The summed E-state index contributed by atoms with van der Waals surface area (Å²) in [6.07, 6.45) is 15.6. The molecule has 0 radical (unpaired) electrons. The minimum absolute atomic E-state index is 0.836. The van der Waals surface area contributed by atoms with Crippen LogP contribution in [0.25, 0.3) is 44.5 Å². The normalized spacial score (nSPS) is 18.8. The van der Waals surface area contributed by atoms with E-state index in [4.69, 9.17) is 19.9 Å². The van der Waals surface area contributed by atoms with Crippen LogP contribution in [0.2, 0.25) is 0 Å². The first-order valence-electron chi connectivity index (χ1n) is 24.3. The number of hydrogen-bond donors (Lipinski definition) is 0. The molecule has 6 heteroatoms. The van der Waals surface area contributed by atoms with Crippen LogP contribution in [0, 0.1) is 20.2 Å². The summed E-state index contributed by atoms with van der Waals surface area (Å²) in [7, 11) is 2.03. The molecule has 0 spiro atoms. The van der Waals surface area contributed by atoms with E-state index in [1.54, 1.807) is 0 Å². The van der Waals surface area contributed by atoms with E-state index in [1.165, 1.54) is 27.8 Å². The molecule has 5 aromatic heterocycles. The summed E-state index contributed by atoms with van der Waals surface area (Å²) in [5.74, 6) is 0. The van der Waals surface area contributed by atoms with E-state index in [9.17, 15) is 0 Å². The molecule has 71 heavy (non-hydrogen) atoms. The molecule has 0 saturated carbocycles. The maximum Gasteiger partial charge on any atom is 0.205 e. The molecule has 3 unspecified atom stereocenters. The molecule has 3 aliphatic rings. The zero-order valence-corrected chi connectivity index (χ0v) is 39.5. The molecule has 0 amide bonds. The van der Waals surface area contributed by atoms with Gasteiger partial charge in [-0.25, -0.2) is 0 Å². The van der Waals surface area contributed by atoms with Crippen molar-refractivity contribution in [2.24, 2.45) is 7.05 Å². The first-order chi connectivity index (χ1) is 34.9. The van der Waals surface area contributed by atoms with Crippen molar-refractivity contribution >= 4 is 0 Å². The average molecular weight is 911 g/mol. The Morgan fingerprint density at radius 1 is 0.423 bits per heavy atom. The lowest BCUT2D eigenvalue weighted by Gasteiger charge is -2.37. The molecule has 14 rings (SSSR count). The van der Waals surface area contributed by atoms with E-state index < -0.39 is 16.4 Å². The quantitative estimate of drug-likeness (QED) is 0.118. The first-order valence-corrected chi connectivity index (χ1v) is 24.3. The third kappa shape index (κ3) is 5.44. The minimum Gasteiger partial charge on any atom is -0.354 e. The maximum absolute atomic E-state index is 5.44. The Hall–Kier alpha value is -8.87. The van der Waals surface area contributed by atoms with Crippen LogP contribution in [0.15, 0.2) is 225 Å². The Kier molecular flexibility index (Phi) is 8.87. The first kappa shape index (κ1) is 41.1. The molecule has 0 fully saturated rings. The number of pyridine rings is 4. The van der Waals surface area contributed by atoms with Crippen LogP contribution >= 0.6 is 0 Å². The van der Waals surface area contributed by atoms with Gasteiger partial charge in [0.15, 0.2) is 5.54 Å². The zero-order valence-electron chi connectivity index (χ0n) is 39.5. The van der Waals surface area contributed by atoms with Crippen LogP contribution in [0.4, 0.5) is 0 Å². The molecule has 5 heterocycles. The molecule has 0 aliphatic heterocycles. The monoisotopic (exact) mass is 910 g/mol. The summed E-state index contributed by atoms with van der Waals surface area (Å²) in [6.45, 7) is 4.39. The summed E-state index contributed by atoms with van der Waals surface area (Å²) in [4.78, 5) is 21.4. The second-order valence-corrected chi connectivity index (χ2v) is 19.3. The molecule has 6 aromatic carbocycles. The number of fused-ring (bicyclic) bond motifs is 9. The summed E-state index contributed by atoms with van der Waals surface area (Å²) >= 11 is 0. The van der Waals surface area contributed by atoms with Crippen molar-refractivity contribution in [3.8, 4) is 44.5 Å². The van der Waals surface area contributed by atoms with Crippen molar-refractivity contribution in [1.82, 2.24) is 24.5 Å². The van der Waals surface area contributed by atoms with Gasteiger partial charge in [-0.1, -0.05) is 152 Å². The summed E-state index contributed by atoms with van der Waals surface area (Å²) in [5, 5.41) is 0. The predicted molar refractivity (Wildman–Crippen MR) is 279 cm³/mol. The van der Waals surface area contributed by atoms with Gasteiger partial charge in [-0.3, -0.25) is 19.9 Å². The fourth-order valence-corrected chi connectivity index (χ4v) is 13.0. The van der Waals surface area contributed by atoms with Crippen LogP contribution in [0.3, 0.4) is 0 Å². The van der Waals surface area contributed by atoms with Crippen molar-refractivity contribution in [1.29, 1.82) is 0 Å². The Morgan fingerprint density at radius 3 is 1.52 bits per heavy atom. The van der Waals surface area contributed by atoms with Gasteiger partial charge in [0.25, 0.3) is 0 Å². The van der Waals surface area contributed by atoms with Crippen molar-refractivity contribution < 1.29 is 4.57 Å². The molecule has 11 aromatic rings. The van der Waals surface area contributed by atoms with Gasteiger partial charge in [-0.05, 0) is 129 Å². The standard InChI is InChI=1S/C65H46N6/c1-42-16-10-17-43(2)59(42)44-31-35-66-58(38-44)64(56-29-8-5-23-50(56)53-26-14-33-68-61(53)64)47-20-11-18-45(39-47)63(55-28-7-4-22-49(55)52-25-13-32-67-60(52)63)46-19-12-21-48(40-46)65(71-37-36-70(3)41-71)57-30-9-6-24-51(57)54-27-15-34-69-62(54)65/h4-40H,1-3H3. The van der Waals surface area contributed by atoms with E-state index >= 15 is 0 Å². The highest BCUT2D eigenvalue weighted by atomic mass is 15.2. The van der Waals surface area contributed by atoms with Crippen LogP contribution in [0.5, 0.6) is 0 Å². The lowest BCUT2D eigenvalue weighted by Crippen LogP contribution is -2.38. The number of imidazole rings is 1. The van der Waals surface area contributed by atoms with Crippen molar-refractivity contribution in [3.63, 3.8) is 0 Å². The molecule has 3 atom stereocenters. The topological polar surface area (TPSA) is 60.4 Å². The number of benzene rings is 6. The van der Waals surface area contributed by atoms with Crippen molar-refractivity contribution in [2.75, 3.05) is 0 Å². The fraction of sp³-hybridized carbons (Fsp3) is 0.0923. The Morgan fingerprint density at radius 2 is 0.901 bits per heavy atom. The Bertz CT molecular complexity index is 3820. The van der Waals surface area contributed by atoms with Gasteiger partial charge in [-0.2, -0.15) is 0 Å². The molecule has 336 valence electrons. The van der Waals surface area contributed by atoms with E-state index in [0.717, 1.165) is 89.5 Å². The predicted octanol–water partition coefficient (Wildman–Crippen LogP) is 12.5. The third-order valence-electron chi connectivity index (χ3n) is 15.7. The van der Waals surface area contributed by atoms with Crippen molar-refractivity contribution in [2.45, 2.75) is 30.2 Å². The van der Waals surface area contributed by atoms with Crippen LogP contribution in [-0.2, 0) is 23.4 Å². The highest BCUT2D eigenvalue weighted by Gasteiger charge is 2.54. The van der Waals surface area contributed by atoms with E-state index in [0.29, 0.717) is 0 Å². The number of aromatic nitrogens is 6. The Labute approximate surface area is 413 Å². The number of nitrogens with zero attached hydrogens (tertiary/aromatic N) is 6. The average Bonchev–Trinajstić information content (AvgIpc) is 4.17. The maximum atomic E-state index is 5.44. The fourth-order valence-electron chi connectivity index (χ4n) is 13.0. The molecular weight excluding hydrogens is 865 g/mol. The lowest BCUT2D eigenvalue weighted by molar-refractivity contribution is -0.675. The van der Waals surface area contributed by atoms with Crippen LogP contribution in [-0.4, -0.2) is 24.5 Å². The van der Waals surface area contributed by atoms with Gasteiger partial charge >= 0.3 is 0 Å². The summed E-state index contributed by atoms with van der Waals surface area (Å²) in [5.41, 5.74) is 20.8. The zero-order chi connectivity index (χ0) is 47.5. The largest absolute Gasteiger partial charge is 0.354 e. The summed E-state index contributed by atoms with van der Waals surface area (Å²) in [6, 6.07) is 68.8. The number of hydrogen-bond acceptors (Lipinski definition) is 4. The third-order valence-corrected chi connectivity index (χ3v) is 15.7. The van der Waals surface area contributed by atoms with E-state index in [-0.39, 0.29) is 0 Å². The van der Waals surface area contributed by atoms with Gasteiger partial charge in [0.1, 0.15) is 11.1 Å². The molecule has 0 N–H and O–H groups in total. The minimum atomic E-state index is -0.878. The Balaban J connectivity index is 1.08. The SMILES string of the molecule is Cc1cccc(C)c1-c1ccnc(C2(c3cccc(C4(c5cccc(C6(n7[c-][n+](C)cc7)c7ccccc7-c7cccnc76)c5)c5ccccc5-c5cccnc54)c3)c3ccccc3-c3cccnc32)c1. The van der Waals surface area contributed by atoms with Crippen LogP contribution < -0.4 is 4.57 Å². The molecular formula is C65H46N6. The number of aryl methyl sites for hydroxylation is 3. The van der Waals surface area contributed by atoms with Gasteiger partial charge in [0, 0.05) is 52.6 Å². The second kappa shape index (κ2) is 15.3. The highest BCUT2D eigenvalue weighted by Crippen LogP contribution is 2.60. The van der Waals surface area contributed by atoms with Crippen LogP contribution in [0.1, 0.15) is 72.8 Å². The van der Waals surface area contributed by atoms with Gasteiger partial charge in [0.2, 0.25) is 6.33 Å². The highest BCUT2D eigenvalue weighted by molar-refractivity contribution is 5.88. The molecule has 6 nitrogen and oxygen atoms in total. The molecule has 0 saturated heterocycles. The summed E-state index contributed by atoms with van der Waals surface area (Å²) < 4.78 is 4.21. The van der Waals surface area contributed by atoms with Crippen molar-refractivity contribution in [3.05, 3.63) is 304 Å². The number of rotatable bonds is 7. The molecule has 3 aliphatic carbocycles. The van der Waals surface area contributed by atoms with E-state index in [2.05, 4.69) is 219 Å². The van der Waals surface area contributed by atoms with Gasteiger partial charge in [0.05, 0.1) is 29.5 Å². The molecule has 0 bridgehead atoms. The smallest absolute Gasteiger partial charge is 0.205 e. The second-order valence-electron chi connectivity index (χ2n) is 19.3. The van der Waals surface area contributed by atoms with Gasteiger partial charge < -0.3 is 9.13 Å². The van der Waals surface area contributed by atoms with Gasteiger partial charge in [-0.15, -0.1) is 0 Å².